The van der Waals surface area contributed by atoms with Crippen LogP contribution in [0, 0.1) is 6.92 Å². The summed E-state index contributed by atoms with van der Waals surface area (Å²) in [6, 6.07) is 18.9. The van der Waals surface area contributed by atoms with Crippen molar-refractivity contribution in [2.75, 3.05) is 0 Å². The summed E-state index contributed by atoms with van der Waals surface area (Å²) in [4.78, 5) is 12.4. The maximum Gasteiger partial charge on any atom is 0.490 e. The molecule has 4 rings (SSSR count). The molecule has 0 aliphatic carbocycles. The summed E-state index contributed by atoms with van der Waals surface area (Å²) in [6.07, 6.45) is -1.31. The molecule has 4 aromatic rings. The van der Waals surface area contributed by atoms with Crippen LogP contribution in [0.5, 0.6) is 0 Å². The first-order chi connectivity index (χ1) is 14.8. The molecule has 31 heavy (non-hydrogen) atoms. The number of benzene rings is 2. The number of H-pyrrole nitrogens is 1. The number of carboxylic acid groups (broad SMARTS) is 1. The summed E-state index contributed by atoms with van der Waals surface area (Å²) in [5, 5.41) is 16.3. The van der Waals surface area contributed by atoms with Gasteiger partial charge in [-0.3, -0.25) is 0 Å². The zero-order valence-electron chi connectivity index (χ0n) is 16.6. The number of nitrogens with zero attached hydrogens (tertiary/aromatic N) is 2. The van der Waals surface area contributed by atoms with Crippen molar-refractivity contribution >= 4 is 16.9 Å². The van der Waals surface area contributed by atoms with Crippen LogP contribution in [0.1, 0.15) is 16.8 Å². The summed E-state index contributed by atoms with van der Waals surface area (Å²) in [7, 11) is 0. The quantitative estimate of drug-likeness (QED) is 0.433. The number of nitrogens with one attached hydrogen (secondary N) is 2. The first-order valence-electron chi connectivity index (χ1n) is 9.41. The summed E-state index contributed by atoms with van der Waals surface area (Å²) in [5.74, 6) is -2.76. The number of carbonyl (C=O) groups is 1. The third-order valence-corrected chi connectivity index (χ3v) is 4.55. The van der Waals surface area contributed by atoms with Gasteiger partial charge >= 0.3 is 12.1 Å². The van der Waals surface area contributed by atoms with E-state index < -0.39 is 12.1 Å². The topological polar surface area (TPSA) is 82.9 Å². The molecule has 6 nitrogen and oxygen atoms in total. The van der Waals surface area contributed by atoms with Gasteiger partial charge in [0, 0.05) is 42.1 Å². The number of alkyl halides is 3. The van der Waals surface area contributed by atoms with Crippen LogP contribution in [0.3, 0.4) is 0 Å². The molecule has 3 N–H and O–H groups in total. The molecule has 0 unspecified atom stereocenters. The van der Waals surface area contributed by atoms with Crippen molar-refractivity contribution in [1.29, 1.82) is 0 Å². The van der Waals surface area contributed by atoms with Gasteiger partial charge in [0.25, 0.3) is 0 Å². The van der Waals surface area contributed by atoms with Crippen LogP contribution in [0.15, 0.2) is 67.0 Å². The van der Waals surface area contributed by atoms with Gasteiger partial charge in [-0.2, -0.15) is 18.3 Å². The second kappa shape index (κ2) is 9.48. The molecule has 9 heteroatoms. The van der Waals surface area contributed by atoms with Gasteiger partial charge in [-0.05, 0) is 42.3 Å². The Morgan fingerprint density at radius 3 is 2.52 bits per heavy atom. The van der Waals surface area contributed by atoms with Crippen LogP contribution in [-0.4, -0.2) is 32.0 Å². The summed E-state index contributed by atoms with van der Waals surface area (Å²) in [6.45, 7) is 3.75. The van der Waals surface area contributed by atoms with Crippen LogP contribution >= 0.6 is 0 Å². The van der Waals surface area contributed by atoms with Gasteiger partial charge in [0.2, 0.25) is 0 Å². The van der Waals surface area contributed by atoms with Gasteiger partial charge in [0.15, 0.2) is 0 Å². The number of rotatable bonds is 5. The molecule has 0 atom stereocenters. The van der Waals surface area contributed by atoms with E-state index in [9.17, 15) is 13.2 Å². The van der Waals surface area contributed by atoms with Gasteiger partial charge in [-0.15, -0.1) is 0 Å². The molecule has 0 aliphatic heterocycles. The number of aliphatic carboxylic acids is 1. The minimum Gasteiger partial charge on any atom is -0.475 e. The Hall–Kier alpha value is -3.59. The Morgan fingerprint density at radius 2 is 1.87 bits per heavy atom. The fraction of sp³-hybridized carbons (Fsp3) is 0.182. The number of carboxylic acids is 1. The summed E-state index contributed by atoms with van der Waals surface area (Å²) in [5.41, 5.74) is 6.05. The zero-order chi connectivity index (χ0) is 22.4. The van der Waals surface area contributed by atoms with E-state index in [1.807, 2.05) is 23.0 Å². The van der Waals surface area contributed by atoms with Crippen molar-refractivity contribution < 1.29 is 23.1 Å². The summed E-state index contributed by atoms with van der Waals surface area (Å²) >= 11 is 0. The van der Waals surface area contributed by atoms with Crippen molar-refractivity contribution in [3.05, 3.63) is 83.8 Å². The number of para-hydroxylation sites is 1. The standard InChI is InChI=1S/C20H20N4.C2HF3O2/c1-15-6-4-8-19-18(15)12-17(23-19)14-21-13-16-7-2-3-9-20(16)24-11-5-10-22-24;3-2(4,5)1(6)7/h2-12,21,23H,13-14H2,1H3;(H,6,7). The van der Waals surface area contributed by atoms with Crippen molar-refractivity contribution in [2.24, 2.45) is 0 Å². The second-order valence-electron chi connectivity index (χ2n) is 6.82. The number of aryl methyl sites for hydroxylation is 1. The number of fused-ring (bicyclic) bond motifs is 1. The molecule has 0 bridgehead atoms. The monoisotopic (exact) mass is 430 g/mol. The Kier molecular flexibility index (Phi) is 6.76. The van der Waals surface area contributed by atoms with E-state index in [1.54, 1.807) is 6.20 Å². The third-order valence-electron chi connectivity index (χ3n) is 4.55. The van der Waals surface area contributed by atoms with Crippen LogP contribution in [-0.2, 0) is 17.9 Å². The smallest absolute Gasteiger partial charge is 0.475 e. The number of hydrogen-bond acceptors (Lipinski definition) is 3. The number of aromatic nitrogens is 3. The van der Waals surface area contributed by atoms with Crippen molar-refractivity contribution in [1.82, 2.24) is 20.1 Å². The lowest BCUT2D eigenvalue weighted by molar-refractivity contribution is -0.192. The predicted molar refractivity (Wildman–Crippen MR) is 111 cm³/mol. The second-order valence-corrected chi connectivity index (χ2v) is 6.82. The molecule has 2 aromatic carbocycles. The normalized spacial score (nSPS) is 11.2. The van der Waals surface area contributed by atoms with Crippen LogP contribution < -0.4 is 5.32 Å². The minimum atomic E-state index is -5.08. The number of halogens is 3. The highest BCUT2D eigenvalue weighted by Gasteiger charge is 2.38. The molecule has 0 radical (unpaired) electrons. The maximum absolute atomic E-state index is 10.6. The lowest BCUT2D eigenvalue weighted by Crippen LogP contribution is -2.21. The molecule has 0 fully saturated rings. The SMILES string of the molecule is Cc1cccc2[nH]c(CNCc3ccccc3-n3cccn3)cc12.O=C(O)C(F)(F)F. The van der Waals surface area contributed by atoms with E-state index in [0.29, 0.717) is 0 Å². The molecular formula is C22H21F3N4O2. The highest BCUT2D eigenvalue weighted by Crippen LogP contribution is 2.19. The zero-order valence-corrected chi connectivity index (χ0v) is 16.6. The molecule has 162 valence electrons. The first kappa shape index (κ1) is 22.1. The van der Waals surface area contributed by atoms with Crippen LogP contribution in [0.25, 0.3) is 16.6 Å². The number of hydrogen-bond donors (Lipinski definition) is 3. The lowest BCUT2D eigenvalue weighted by atomic mass is 10.1. The Labute approximate surface area is 176 Å². The molecule has 0 aliphatic rings. The lowest BCUT2D eigenvalue weighted by Gasteiger charge is -2.10. The summed E-state index contributed by atoms with van der Waals surface area (Å²) < 4.78 is 33.6. The Balaban J connectivity index is 0.000000339. The van der Waals surface area contributed by atoms with E-state index in [2.05, 4.69) is 64.8 Å². The minimum absolute atomic E-state index is 0.796. The van der Waals surface area contributed by atoms with E-state index in [-0.39, 0.29) is 0 Å². The largest absolute Gasteiger partial charge is 0.490 e. The molecule has 2 aromatic heterocycles. The van der Waals surface area contributed by atoms with Gasteiger partial charge in [-0.1, -0.05) is 30.3 Å². The predicted octanol–water partition coefficient (Wildman–Crippen LogP) is 4.59. The van der Waals surface area contributed by atoms with E-state index >= 15 is 0 Å². The first-order valence-corrected chi connectivity index (χ1v) is 9.41. The average molecular weight is 430 g/mol. The third kappa shape index (κ3) is 5.73. The highest BCUT2D eigenvalue weighted by molar-refractivity contribution is 5.83. The van der Waals surface area contributed by atoms with Gasteiger partial charge in [0.1, 0.15) is 0 Å². The number of aromatic amines is 1. The van der Waals surface area contributed by atoms with Gasteiger partial charge in [-0.25, -0.2) is 9.48 Å². The Morgan fingerprint density at radius 1 is 1.13 bits per heavy atom. The molecule has 0 spiro atoms. The molecule has 0 saturated heterocycles. The highest BCUT2D eigenvalue weighted by atomic mass is 19.4. The molecule has 0 saturated carbocycles. The fourth-order valence-electron chi connectivity index (χ4n) is 3.09. The van der Waals surface area contributed by atoms with E-state index in [4.69, 9.17) is 9.90 Å². The van der Waals surface area contributed by atoms with E-state index in [0.717, 1.165) is 18.8 Å². The van der Waals surface area contributed by atoms with Crippen molar-refractivity contribution in [3.63, 3.8) is 0 Å². The van der Waals surface area contributed by atoms with Gasteiger partial charge in [0.05, 0.1) is 5.69 Å². The average Bonchev–Trinajstić information content (AvgIpc) is 3.38. The van der Waals surface area contributed by atoms with Crippen LogP contribution in [0.4, 0.5) is 13.2 Å². The van der Waals surface area contributed by atoms with Gasteiger partial charge < -0.3 is 15.4 Å². The molecule has 0 amide bonds. The van der Waals surface area contributed by atoms with E-state index in [1.165, 1.54) is 27.7 Å². The van der Waals surface area contributed by atoms with Crippen LogP contribution in [0.2, 0.25) is 0 Å². The Bertz CT molecular complexity index is 1150. The fourth-order valence-corrected chi connectivity index (χ4v) is 3.09. The van der Waals surface area contributed by atoms with Crippen molar-refractivity contribution in [2.45, 2.75) is 26.2 Å². The maximum atomic E-state index is 10.6. The van der Waals surface area contributed by atoms with Crippen molar-refractivity contribution in [3.8, 4) is 5.69 Å². The molecule has 2 heterocycles. The molecular weight excluding hydrogens is 409 g/mol.